The number of nitrogens with zero attached hydrogens (tertiary/aromatic N) is 1. The van der Waals surface area contributed by atoms with Crippen LogP contribution in [-0.4, -0.2) is 10.9 Å². The molecule has 0 unspecified atom stereocenters. The molecule has 92 valence electrons. The fourth-order valence-electron chi connectivity index (χ4n) is 1.65. The number of nitrogens with two attached hydrogens (primary N) is 1. The number of carbonyl (C=O) groups excluding carboxylic acids is 1. The van der Waals surface area contributed by atoms with E-state index in [-0.39, 0.29) is 5.91 Å². The minimum Gasteiger partial charge on any atom is -0.348 e. The van der Waals surface area contributed by atoms with E-state index in [4.69, 9.17) is 5.73 Å². The van der Waals surface area contributed by atoms with Crippen molar-refractivity contribution in [3.05, 3.63) is 65.5 Å². The maximum Gasteiger partial charge on any atom is 0.253 e. The van der Waals surface area contributed by atoms with Gasteiger partial charge in [0, 0.05) is 25.5 Å². The van der Waals surface area contributed by atoms with Crippen molar-refractivity contribution in [2.24, 2.45) is 5.73 Å². The topological polar surface area (TPSA) is 68.0 Å². The van der Waals surface area contributed by atoms with E-state index in [9.17, 15) is 4.79 Å². The molecule has 0 aliphatic rings. The highest BCUT2D eigenvalue weighted by molar-refractivity contribution is 5.93. The molecule has 2 rings (SSSR count). The molecule has 1 amide bonds. The van der Waals surface area contributed by atoms with Gasteiger partial charge in [-0.05, 0) is 23.3 Å². The highest BCUT2D eigenvalue weighted by Gasteiger charge is 2.04. The van der Waals surface area contributed by atoms with Crippen LogP contribution < -0.4 is 11.1 Å². The first-order chi connectivity index (χ1) is 8.79. The number of aromatic nitrogens is 1. The summed E-state index contributed by atoms with van der Waals surface area (Å²) in [6, 6.07) is 11.3. The lowest BCUT2D eigenvalue weighted by Gasteiger charge is -2.06. The summed E-state index contributed by atoms with van der Waals surface area (Å²) in [4.78, 5) is 15.7. The van der Waals surface area contributed by atoms with Crippen LogP contribution in [-0.2, 0) is 13.1 Å². The molecule has 1 aromatic heterocycles. The zero-order chi connectivity index (χ0) is 12.8. The van der Waals surface area contributed by atoms with E-state index >= 15 is 0 Å². The number of nitrogens with one attached hydrogen (secondary N) is 1. The molecule has 0 radical (unpaired) electrons. The number of benzene rings is 1. The molecule has 4 heteroatoms. The van der Waals surface area contributed by atoms with Crippen molar-refractivity contribution in [2.75, 3.05) is 0 Å². The second-order valence-electron chi connectivity index (χ2n) is 3.95. The van der Waals surface area contributed by atoms with Crippen LogP contribution in [0.3, 0.4) is 0 Å². The largest absolute Gasteiger partial charge is 0.348 e. The molecule has 0 aliphatic heterocycles. The van der Waals surface area contributed by atoms with Gasteiger partial charge >= 0.3 is 0 Å². The highest BCUT2D eigenvalue weighted by atomic mass is 16.1. The van der Waals surface area contributed by atoms with Crippen LogP contribution in [0.2, 0.25) is 0 Å². The summed E-state index contributed by atoms with van der Waals surface area (Å²) in [5.74, 6) is -0.124. The Balaban J connectivity index is 1.97. The zero-order valence-electron chi connectivity index (χ0n) is 9.97. The molecular weight excluding hydrogens is 226 g/mol. The molecule has 1 heterocycles. The summed E-state index contributed by atoms with van der Waals surface area (Å²) in [6.07, 6.45) is 3.19. The number of amides is 1. The molecule has 0 fully saturated rings. The van der Waals surface area contributed by atoms with Gasteiger partial charge < -0.3 is 11.1 Å². The number of carbonyl (C=O) groups is 1. The van der Waals surface area contributed by atoms with Crippen LogP contribution in [0.5, 0.6) is 0 Å². The molecule has 0 saturated heterocycles. The third-order valence-electron chi connectivity index (χ3n) is 2.60. The first-order valence-electron chi connectivity index (χ1n) is 5.75. The van der Waals surface area contributed by atoms with Crippen molar-refractivity contribution in [2.45, 2.75) is 13.1 Å². The Kier molecular flexibility index (Phi) is 4.04. The van der Waals surface area contributed by atoms with Crippen molar-refractivity contribution in [1.29, 1.82) is 0 Å². The minimum atomic E-state index is -0.124. The van der Waals surface area contributed by atoms with E-state index in [1.165, 1.54) is 0 Å². The van der Waals surface area contributed by atoms with Gasteiger partial charge in [0.05, 0.1) is 5.56 Å². The van der Waals surface area contributed by atoms with Crippen LogP contribution >= 0.6 is 0 Å². The lowest BCUT2D eigenvalue weighted by molar-refractivity contribution is 0.0950. The average molecular weight is 241 g/mol. The summed E-state index contributed by atoms with van der Waals surface area (Å²) in [5, 5.41) is 2.85. The van der Waals surface area contributed by atoms with E-state index in [1.54, 1.807) is 24.5 Å². The SMILES string of the molecule is NCc1cccc(CNC(=O)c2cccnc2)c1. The molecule has 1 aromatic carbocycles. The summed E-state index contributed by atoms with van der Waals surface area (Å²) < 4.78 is 0. The normalized spacial score (nSPS) is 10.1. The molecule has 4 nitrogen and oxygen atoms in total. The quantitative estimate of drug-likeness (QED) is 0.851. The molecule has 0 spiro atoms. The maximum atomic E-state index is 11.8. The van der Waals surface area contributed by atoms with Gasteiger partial charge in [-0.15, -0.1) is 0 Å². The standard InChI is InChI=1S/C14H15N3O/c15-8-11-3-1-4-12(7-11)9-17-14(18)13-5-2-6-16-10-13/h1-7,10H,8-9,15H2,(H,17,18). The number of hydrogen-bond acceptors (Lipinski definition) is 3. The van der Waals surface area contributed by atoms with Crippen LogP contribution in [0, 0.1) is 0 Å². The average Bonchev–Trinajstić information content (AvgIpc) is 2.46. The maximum absolute atomic E-state index is 11.8. The van der Waals surface area contributed by atoms with Crippen molar-refractivity contribution in [1.82, 2.24) is 10.3 Å². The van der Waals surface area contributed by atoms with Gasteiger partial charge in [0.2, 0.25) is 0 Å². The number of hydrogen-bond donors (Lipinski definition) is 2. The van der Waals surface area contributed by atoms with Crippen LogP contribution in [0.25, 0.3) is 0 Å². The van der Waals surface area contributed by atoms with E-state index < -0.39 is 0 Å². The van der Waals surface area contributed by atoms with Gasteiger partial charge in [0.25, 0.3) is 5.91 Å². The molecule has 0 bridgehead atoms. The monoisotopic (exact) mass is 241 g/mol. The summed E-state index contributed by atoms with van der Waals surface area (Å²) in [7, 11) is 0. The Hall–Kier alpha value is -2.20. The van der Waals surface area contributed by atoms with Gasteiger partial charge in [0.15, 0.2) is 0 Å². The van der Waals surface area contributed by atoms with Crippen LogP contribution in [0.1, 0.15) is 21.5 Å². The van der Waals surface area contributed by atoms with E-state index in [0.717, 1.165) is 11.1 Å². The van der Waals surface area contributed by atoms with Crippen molar-refractivity contribution in [3.8, 4) is 0 Å². The fraction of sp³-hybridized carbons (Fsp3) is 0.143. The Morgan fingerprint density at radius 1 is 1.22 bits per heavy atom. The number of pyridine rings is 1. The molecular formula is C14H15N3O. The molecule has 0 atom stereocenters. The van der Waals surface area contributed by atoms with E-state index in [1.807, 2.05) is 24.3 Å². The first kappa shape index (κ1) is 12.3. The van der Waals surface area contributed by atoms with Crippen LogP contribution in [0.15, 0.2) is 48.8 Å². The van der Waals surface area contributed by atoms with Crippen molar-refractivity contribution >= 4 is 5.91 Å². The van der Waals surface area contributed by atoms with Crippen LogP contribution in [0.4, 0.5) is 0 Å². The number of rotatable bonds is 4. The molecule has 3 N–H and O–H groups in total. The third-order valence-corrected chi connectivity index (χ3v) is 2.60. The molecule has 0 aliphatic carbocycles. The lowest BCUT2D eigenvalue weighted by Crippen LogP contribution is -2.22. The van der Waals surface area contributed by atoms with Crippen molar-refractivity contribution < 1.29 is 4.79 Å². The van der Waals surface area contributed by atoms with E-state index in [0.29, 0.717) is 18.7 Å². The summed E-state index contributed by atoms with van der Waals surface area (Å²) in [5.41, 5.74) is 8.23. The van der Waals surface area contributed by atoms with Gasteiger partial charge in [-0.1, -0.05) is 24.3 Å². The highest BCUT2D eigenvalue weighted by Crippen LogP contribution is 2.05. The zero-order valence-corrected chi connectivity index (χ0v) is 9.97. The third kappa shape index (κ3) is 3.15. The predicted octanol–water partition coefficient (Wildman–Crippen LogP) is 1.47. The second kappa shape index (κ2) is 5.93. The van der Waals surface area contributed by atoms with Crippen molar-refractivity contribution in [3.63, 3.8) is 0 Å². The molecule has 18 heavy (non-hydrogen) atoms. The lowest BCUT2D eigenvalue weighted by atomic mass is 10.1. The van der Waals surface area contributed by atoms with E-state index in [2.05, 4.69) is 10.3 Å². The predicted molar refractivity (Wildman–Crippen MR) is 69.7 cm³/mol. The molecule has 0 saturated carbocycles. The van der Waals surface area contributed by atoms with Gasteiger partial charge in [0.1, 0.15) is 0 Å². The van der Waals surface area contributed by atoms with Gasteiger partial charge in [-0.2, -0.15) is 0 Å². The van der Waals surface area contributed by atoms with Gasteiger partial charge in [-0.25, -0.2) is 0 Å². The Labute approximate surface area is 106 Å². The summed E-state index contributed by atoms with van der Waals surface area (Å²) in [6.45, 7) is 0.992. The Morgan fingerprint density at radius 3 is 2.78 bits per heavy atom. The Bertz CT molecular complexity index is 526. The molecule has 2 aromatic rings. The minimum absolute atomic E-state index is 0.124. The first-order valence-corrected chi connectivity index (χ1v) is 5.75. The van der Waals surface area contributed by atoms with Gasteiger partial charge in [-0.3, -0.25) is 9.78 Å². The fourth-order valence-corrected chi connectivity index (χ4v) is 1.65. The Morgan fingerprint density at radius 2 is 2.06 bits per heavy atom. The summed E-state index contributed by atoms with van der Waals surface area (Å²) >= 11 is 0. The second-order valence-corrected chi connectivity index (χ2v) is 3.95. The smallest absolute Gasteiger partial charge is 0.253 e.